The number of morpholine rings is 1. The van der Waals surface area contributed by atoms with E-state index >= 15 is 0 Å². The molecule has 3 heterocycles. The molecule has 1 aliphatic carbocycles. The van der Waals surface area contributed by atoms with E-state index in [-0.39, 0.29) is 10.9 Å². The third-order valence-electron chi connectivity index (χ3n) is 6.79. The summed E-state index contributed by atoms with van der Waals surface area (Å²) in [5, 5.41) is 2.12. The summed E-state index contributed by atoms with van der Waals surface area (Å²) in [4.78, 5) is 13.3. The van der Waals surface area contributed by atoms with Crippen molar-refractivity contribution in [2.24, 2.45) is 0 Å². The fraction of sp³-hybridized carbons (Fsp3) is 0.462. The van der Waals surface area contributed by atoms with Gasteiger partial charge in [-0.15, -0.1) is 11.3 Å². The van der Waals surface area contributed by atoms with Crippen LogP contribution in [0.15, 0.2) is 46.9 Å². The number of hydrogen-bond donors (Lipinski definition) is 1. The van der Waals surface area contributed by atoms with Gasteiger partial charge in [-0.3, -0.25) is 9.88 Å². The summed E-state index contributed by atoms with van der Waals surface area (Å²) >= 11 is 1.73. The van der Waals surface area contributed by atoms with E-state index in [1.54, 1.807) is 35.9 Å². The lowest BCUT2D eigenvalue weighted by atomic mass is 9.96. The molecule has 2 aromatic heterocycles. The van der Waals surface area contributed by atoms with Crippen LogP contribution in [-0.2, 0) is 21.3 Å². The fourth-order valence-electron chi connectivity index (χ4n) is 4.76. The third kappa shape index (κ3) is 5.98. The molecular weight excluding hydrogens is 480 g/mol. The van der Waals surface area contributed by atoms with E-state index in [1.165, 1.54) is 11.3 Å². The van der Waals surface area contributed by atoms with Gasteiger partial charge in [-0.1, -0.05) is 25.3 Å². The minimum atomic E-state index is -3.59. The molecule has 35 heavy (non-hydrogen) atoms. The molecular formula is C26H32N4O3S2. The molecule has 1 saturated carbocycles. The van der Waals surface area contributed by atoms with Crippen molar-refractivity contribution < 1.29 is 13.2 Å². The monoisotopic (exact) mass is 512 g/mol. The average molecular weight is 513 g/mol. The molecule has 0 spiro atoms. The Hall–Kier alpha value is -2.17. The van der Waals surface area contributed by atoms with Crippen molar-refractivity contribution in [1.29, 1.82) is 0 Å². The van der Waals surface area contributed by atoms with Gasteiger partial charge in [0.05, 0.1) is 41.9 Å². The zero-order valence-corrected chi connectivity index (χ0v) is 21.7. The van der Waals surface area contributed by atoms with Crippen molar-refractivity contribution in [3.05, 3.63) is 52.5 Å². The van der Waals surface area contributed by atoms with Crippen LogP contribution in [0.4, 0.5) is 0 Å². The number of aromatic nitrogens is 2. The lowest BCUT2D eigenvalue weighted by Crippen LogP contribution is -2.36. The number of benzene rings is 1. The van der Waals surface area contributed by atoms with Crippen LogP contribution in [0, 0.1) is 6.92 Å². The Morgan fingerprint density at radius 2 is 1.86 bits per heavy atom. The van der Waals surface area contributed by atoms with Crippen LogP contribution < -0.4 is 4.72 Å². The fourth-order valence-corrected chi connectivity index (χ4v) is 7.01. The van der Waals surface area contributed by atoms with Crippen molar-refractivity contribution in [3.63, 3.8) is 0 Å². The normalized spacial score (nSPS) is 18.1. The summed E-state index contributed by atoms with van der Waals surface area (Å²) < 4.78 is 34.5. The molecule has 9 heteroatoms. The first-order chi connectivity index (χ1) is 17.0. The van der Waals surface area contributed by atoms with Crippen LogP contribution in [0.2, 0.25) is 0 Å². The first kappa shape index (κ1) is 24.5. The van der Waals surface area contributed by atoms with Crippen LogP contribution >= 0.6 is 11.3 Å². The van der Waals surface area contributed by atoms with Crippen molar-refractivity contribution in [2.75, 3.05) is 26.3 Å². The number of hydrogen-bond acceptors (Lipinski definition) is 7. The van der Waals surface area contributed by atoms with Crippen molar-refractivity contribution in [1.82, 2.24) is 19.6 Å². The van der Waals surface area contributed by atoms with Gasteiger partial charge < -0.3 is 4.74 Å². The molecule has 1 aromatic carbocycles. The third-order valence-corrected chi connectivity index (χ3v) is 9.23. The van der Waals surface area contributed by atoms with Crippen molar-refractivity contribution in [2.45, 2.75) is 56.5 Å². The maximum Gasteiger partial charge on any atom is 0.240 e. The number of ether oxygens (including phenoxy) is 1. The molecule has 0 bridgehead atoms. The predicted molar refractivity (Wildman–Crippen MR) is 139 cm³/mol. The maximum absolute atomic E-state index is 13.1. The highest BCUT2D eigenvalue weighted by atomic mass is 32.2. The highest BCUT2D eigenvalue weighted by Crippen LogP contribution is 2.30. The molecule has 3 aromatic rings. The van der Waals surface area contributed by atoms with Gasteiger partial charge in [-0.2, -0.15) is 0 Å². The number of nitrogens with one attached hydrogen (secondary N) is 1. The SMILES string of the molecule is Cc1ccc(S(=O)(=O)NC2CCCCC2)cc1-c1cncc(-c2csc(CN3CCOCC3)c2)n1. The molecule has 1 N–H and O–H groups in total. The van der Waals surface area contributed by atoms with E-state index < -0.39 is 10.0 Å². The van der Waals surface area contributed by atoms with Gasteiger partial charge in [-0.25, -0.2) is 18.1 Å². The minimum Gasteiger partial charge on any atom is -0.379 e. The highest BCUT2D eigenvalue weighted by Gasteiger charge is 2.23. The number of rotatable bonds is 7. The lowest BCUT2D eigenvalue weighted by Gasteiger charge is -2.25. The standard InChI is InChI=1S/C26H32N4O3S2/c1-19-7-8-23(35(31,32)29-21-5-3-2-4-6-21)14-24(19)26-16-27-15-25(28-26)20-13-22(34-18-20)17-30-9-11-33-12-10-30/h7-8,13-16,18,21,29H,2-6,9-12,17H2,1H3. The van der Waals surface area contributed by atoms with Gasteiger partial charge in [0.25, 0.3) is 0 Å². The van der Waals surface area contributed by atoms with E-state index in [4.69, 9.17) is 9.72 Å². The maximum atomic E-state index is 13.1. The van der Waals surface area contributed by atoms with Crippen LogP contribution in [0.1, 0.15) is 42.5 Å². The number of thiophene rings is 1. The second-order valence-corrected chi connectivity index (χ2v) is 12.1. The summed E-state index contributed by atoms with van der Waals surface area (Å²) in [5.74, 6) is 0. The molecule has 5 rings (SSSR count). The van der Waals surface area contributed by atoms with E-state index in [1.807, 2.05) is 13.0 Å². The van der Waals surface area contributed by atoms with Crippen molar-refractivity contribution >= 4 is 21.4 Å². The van der Waals surface area contributed by atoms with Gasteiger partial charge >= 0.3 is 0 Å². The molecule has 7 nitrogen and oxygen atoms in total. The van der Waals surface area contributed by atoms with Gasteiger partial charge in [0.1, 0.15) is 0 Å². The smallest absolute Gasteiger partial charge is 0.240 e. The lowest BCUT2D eigenvalue weighted by molar-refractivity contribution is 0.0346. The first-order valence-corrected chi connectivity index (χ1v) is 14.7. The molecule has 0 amide bonds. The zero-order chi connectivity index (χ0) is 24.3. The van der Waals surface area contributed by atoms with E-state index in [9.17, 15) is 8.42 Å². The van der Waals surface area contributed by atoms with Gasteiger partial charge in [0.15, 0.2) is 0 Å². The van der Waals surface area contributed by atoms with Crippen LogP contribution in [-0.4, -0.2) is 55.6 Å². The summed E-state index contributed by atoms with van der Waals surface area (Å²) in [6.07, 6.45) is 8.61. The van der Waals surface area contributed by atoms with E-state index in [2.05, 4.69) is 26.1 Å². The molecule has 2 aliphatic rings. The van der Waals surface area contributed by atoms with Gasteiger partial charge in [0.2, 0.25) is 10.0 Å². The number of aryl methyl sites for hydroxylation is 1. The van der Waals surface area contributed by atoms with E-state index in [0.717, 1.165) is 80.9 Å². The zero-order valence-electron chi connectivity index (χ0n) is 20.1. The van der Waals surface area contributed by atoms with E-state index in [0.29, 0.717) is 5.69 Å². The van der Waals surface area contributed by atoms with Crippen LogP contribution in [0.25, 0.3) is 22.5 Å². The molecule has 1 saturated heterocycles. The predicted octanol–water partition coefficient (Wildman–Crippen LogP) is 4.62. The molecule has 2 fully saturated rings. The minimum absolute atomic E-state index is 0.0203. The van der Waals surface area contributed by atoms with Gasteiger partial charge in [0, 0.05) is 47.1 Å². The first-order valence-electron chi connectivity index (χ1n) is 12.3. The topological polar surface area (TPSA) is 84.4 Å². The Labute approximate surface area is 211 Å². The molecule has 1 aliphatic heterocycles. The highest BCUT2D eigenvalue weighted by molar-refractivity contribution is 7.89. The Kier molecular flexibility index (Phi) is 7.59. The second-order valence-electron chi connectivity index (χ2n) is 9.41. The summed E-state index contributed by atoms with van der Waals surface area (Å²) in [5.41, 5.74) is 4.25. The average Bonchev–Trinajstić information content (AvgIpc) is 3.34. The molecule has 0 radical (unpaired) electrons. The van der Waals surface area contributed by atoms with Crippen LogP contribution in [0.3, 0.4) is 0 Å². The summed E-state index contributed by atoms with van der Waals surface area (Å²) in [7, 11) is -3.59. The second kappa shape index (κ2) is 10.8. The van der Waals surface area contributed by atoms with Gasteiger partial charge in [-0.05, 0) is 43.5 Å². The summed E-state index contributed by atoms with van der Waals surface area (Å²) in [6, 6.07) is 7.45. The molecule has 186 valence electrons. The Bertz CT molecular complexity index is 1260. The largest absolute Gasteiger partial charge is 0.379 e. The number of nitrogens with zero attached hydrogens (tertiary/aromatic N) is 3. The molecule has 0 unspecified atom stereocenters. The Morgan fingerprint density at radius 3 is 2.66 bits per heavy atom. The Morgan fingerprint density at radius 1 is 1.09 bits per heavy atom. The van der Waals surface area contributed by atoms with Crippen LogP contribution in [0.5, 0.6) is 0 Å². The number of sulfonamides is 1. The van der Waals surface area contributed by atoms with Crippen molar-refractivity contribution in [3.8, 4) is 22.5 Å². The summed E-state index contributed by atoms with van der Waals surface area (Å²) in [6.45, 7) is 6.37. The molecule has 0 atom stereocenters. The quantitative estimate of drug-likeness (QED) is 0.497. The Balaban J connectivity index is 1.37.